The minimum Gasteiger partial charge on any atom is -0.352 e. The Bertz CT molecular complexity index is 404. The number of hydrogen-bond acceptors (Lipinski definition) is 4. The molecule has 86 valence electrons. The van der Waals surface area contributed by atoms with Crippen molar-refractivity contribution in [3.05, 3.63) is 11.8 Å². The first-order chi connectivity index (χ1) is 7.58. The molecule has 1 unspecified atom stereocenters. The number of hydrogen-bond donors (Lipinski definition) is 1. The van der Waals surface area contributed by atoms with Crippen LogP contribution in [0.4, 0.5) is 4.79 Å². The van der Waals surface area contributed by atoms with Gasteiger partial charge in [-0.15, -0.1) is 0 Å². The van der Waals surface area contributed by atoms with Gasteiger partial charge in [-0.1, -0.05) is 9.24 Å². The van der Waals surface area contributed by atoms with Crippen LogP contribution >= 0.6 is 9.24 Å². The number of carbonyl (C=O) groups is 2. The van der Waals surface area contributed by atoms with E-state index in [0.717, 1.165) is 5.84 Å². The predicted molar refractivity (Wildman–Crippen MR) is 63.0 cm³/mol. The minimum atomic E-state index is -0.431. The van der Waals surface area contributed by atoms with E-state index < -0.39 is 6.03 Å². The predicted octanol–water partition coefficient (Wildman–Crippen LogP) is -0.620. The maximum atomic E-state index is 11.2. The lowest BCUT2D eigenvalue weighted by atomic mass is 10.2. The molecule has 2 aliphatic heterocycles. The molecule has 16 heavy (non-hydrogen) atoms. The number of amidine groups is 1. The molecule has 0 aromatic carbocycles. The Morgan fingerprint density at radius 1 is 1.38 bits per heavy atom. The van der Waals surface area contributed by atoms with Gasteiger partial charge in [0.1, 0.15) is 5.84 Å². The van der Waals surface area contributed by atoms with Gasteiger partial charge in [0.05, 0.1) is 6.54 Å². The Morgan fingerprint density at radius 3 is 2.75 bits per heavy atom. The maximum absolute atomic E-state index is 11.2. The van der Waals surface area contributed by atoms with Gasteiger partial charge in [-0.3, -0.25) is 4.79 Å². The summed E-state index contributed by atoms with van der Waals surface area (Å²) in [6.07, 6.45) is 1.56. The molecule has 0 aliphatic carbocycles. The number of rotatable bonds is 1. The SMILES string of the molecule is NC(=O)N1CCN2CC(C(=O)P)=CN=C2C1. The van der Waals surface area contributed by atoms with E-state index in [4.69, 9.17) is 5.73 Å². The van der Waals surface area contributed by atoms with Crippen LogP contribution in [0.1, 0.15) is 0 Å². The molecule has 2 heterocycles. The quantitative estimate of drug-likeness (QED) is 0.620. The number of piperazine rings is 1. The molecule has 1 atom stereocenters. The fourth-order valence-electron chi connectivity index (χ4n) is 1.74. The summed E-state index contributed by atoms with van der Waals surface area (Å²) in [7, 11) is 2.14. The average molecular weight is 240 g/mol. The second-order valence-corrected chi connectivity index (χ2v) is 4.27. The van der Waals surface area contributed by atoms with E-state index in [9.17, 15) is 9.59 Å². The number of primary amides is 1. The number of amides is 2. The number of nitrogens with two attached hydrogens (primary N) is 1. The van der Waals surface area contributed by atoms with E-state index in [-0.39, 0.29) is 5.52 Å². The summed E-state index contributed by atoms with van der Waals surface area (Å²) in [6, 6.07) is -0.431. The Morgan fingerprint density at radius 2 is 2.12 bits per heavy atom. The van der Waals surface area contributed by atoms with Gasteiger partial charge in [0.15, 0.2) is 5.52 Å². The van der Waals surface area contributed by atoms with Crippen molar-refractivity contribution in [2.75, 3.05) is 26.2 Å². The number of nitrogens with zero attached hydrogens (tertiary/aromatic N) is 3. The molecule has 2 amide bonds. The normalized spacial score (nSPS) is 19.8. The van der Waals surface area contributed by atoms with Crippen LogP contribution in [0.3, 0.4) is 0 Å². The highest BCUT2D eigenvalue weighted by Crippen LogP contribution is 2.15. The molecule has 2 rings (SSSR count). The average Bonchev–Trinajstić information content (AvgIpc) is 2.27. The van der Waals surface area contributed by atoms with Crippen LogP contribution in [0.5, 0.6) is 0 Å². The molecule has 0 radical (unpaired) electrons. The molecule has 0 bridgehead atoms. The van der Waals surface area contributed by atoms with E-state index in [0.29, 0.717) is 31.8 Å². The summed E-state index contributed by atoms with van der Waals surface area (Å²) in [5, 5.41) is 0. The van der Waals surface area contributed by atoms with Crippen LogP contribution in [-0.2, 0) is 4.79 Å². The van der Waals surface area contributed by atoms with Gasteiger partial charge in [0.25, 0.3) is 0 Å². The summed E-state index contributed by atoms with van der Waals surface area (Å²) in [5.41, 5.74) is 5.83. The zero-order valence-electron chi connectivity index (χ0n) is 8.72. The zero-order chi connectivity index (χ0) is 11.7. The van der Waals surface area contributed by atoms with Crippen molar-refractivity contribution in [3.8, 4) is 0 Å². The largest absolute Gasteiger partial charge is 0.352 e. The van der Waals surface area contributed by atoms with E-state index in [1.165, 1.54) is 4.90 Å². The molecule has 0 aromatic rings. The first kappa shape index (κ1) is 11.1. The van der Waals surface area contributed by atoms with Gasteiger partial charge in [-0.25, -0.2) is 9.79 Å². The first-order valence-electron chi connectivity index (χ1n) is 4.93. The lowest BCUT2D eigenvalue weighted by Gasteiger charge is -2.37. The molecule has 1 fully saturated rings. The molecular weight excluding hydrogens is 227 g/mol. The standard InChI is InChI=1S/C9H13N4O2P/c10-9(15)13-2-1-12-4-6(8(14)16)3-11-7(12)5-13/h3H,1-2,4-5,16H2,(H2,10,15). The highest BCUT2D eigenvalue weighted by molar-refractivity contribution is 7.41. The van der Waals surface area contributed by atoms with Crippen molar-refractivity contribution in [3.63, 3.8) is 0 Å². The van der Waals surface area contributed by atoms with E-state index in [1.54, 1.807) is 6.20 Å². The Kier molecular flexibility index (Phi) is 2.92. The third kappa shape index (κ3) is 2.07. The molecule has 0 saturated carbocycles. The highest BCUT2D eigenvalue weighted by atomic mass is 31.0. The van der Waals surface area contributed by atoms with Gasteiger partial charge < -0.3 is 15.5 Å². The fraction of sp³-hybridized carbons (Fsp3) is 0.444. The van der Waals surface area contributed by atoms with Crippen LogP contribution in [0, 0.1) is 0 Å². The minimum absolute atomic E-state index is 0.0415. The van der Waals surface area contributed by atoms with Crippen LogP contribution in [0.15, 0.2) is 16.8 Å². The summed E-state index contributed by atoms with van der Waals surface area (Å²) in [6.45, 7) is 2.22. The molecule has 1 saturated heterocycles. The second-order valence-electron chi connectivity index (χ2n) is 3.75. The number of carbonyl (C=O) groups excluding carboxylic acids is 2. The third-order valence-corrected chi connectivity index (χ3v) is 3.07. The first-order valence-corrected chi connectivity index (χ1v) is 5.50. The van der Waals surface area contributed by atoms with Gasteiger partial charge in [-0.05, 0) is 0 Å². The number of urea groups is 1. The Balaban J connectivity index is 2.14. The smallest absolute Gasteiger partial charge is 0.315 e. The van der Waals surface area contributed by atoms with Crippen molar-refractivity contribution < 1.29 is 9.59 Å². The summed E-state index contributed by atoms with van der Waals surface area (Å²) in [5.74, 6) is 0.792. The Labute approximate surface area is 95.4 Å². The lowest BCUT2D eigenvalue weighted by Crippen LogP contribution is -2.54. The second kappa shape index (κ2) is 4.22. The maximum Gasteiger partial charge on any atom is 0.315 e. The molecule has 7 heteroatoms. The van der Waals surface area contributed by atoms with Crippen molar-refractivity contribution in [2.24, 2.45) is 10.7 Å². The van der Waals surface area contributed by atoms with E-state index in [2.05, 4.69) is 14.2 Å². The van der Waals surface area contributed by atoms with E-state index >= 15 is 0 Å². The van der Waals surface area contributed by atoms with Crippen LogP contribution < -0.4 is 5.73 Å². The van der Waals surface area contributed by atoms with Crippen LogP contribution in [-0.4, -0.2) is 53.4 Å². The summed E-state index contributed by atoms with van der Waals surface area (Å²) < 4.78 is 0. The van der Waals surface area contributed by atoms with Crippen molar-refractivity contribution in [2.45, 2.75) is 0 Å². The van der Waals surface area contributed by atoms with Gasteiger partial charge in [-0.2, -0.15) is 0 Å². The fourth-order valence-corrected chi connectivity index (χ4v) is 1.91. The van der Waals surface area contributed by atoms with Gasteiger partial charge in [0.2, 0.25) is 0 Å². The topological polar surface area (TPSA) is 79.0 Å². The van der Waals surface area contributed by atoms with Gasteiger partial charge in [0, 0.05) is 31.4 Å². The van der Waals surface area contributed by atoms with Crippen molar-refractivity contribution in [1.82, 2.24) is 9.80 Å². The van der Waals surface area contributed by atoms with Crippen molar-refractivity contribution in [1.29, 1.82) is 0 Å². The summed E-state index contributed by atoms with van der Waals surface area (Å²) >= 11 is 0. The molecule has 0 aromatic heterocycles. The number of fused-ring (bicyclic) bond motifs is 1. The molecule has 6 nitrogen and oxygen atoms in total. The van der Waals surface area contributed by atoms with Crippen LogP contribution in [0.25, 0.3) is 0 Å². The highest BCUT2D eigenvalue weighted by Gasteiger charge is 2.27. The Hall–Kier alpha value is -1.42. The zero-order valence-corrected chi connectivity index (χ0v) is 9.87. The molecular formula is C9H13N4O2P. The van der Waals surface area contributed by atoms with Gasteiger partial charge >= 0.3 is 6.03 Å². The monoisotopic (exact) mass is 240 g/mol. The summed E-state index contributed by atoms with van der Waals surface area (Å²) in [4.78, 5) is 29.9. The van der Waals surface area contributed by atoms with Crippen LogP contribution in [0.2, 0.25) is 0 Å². The third-order valence-electron chi connectivity index (χ3n) is 2.70. The van der Waals surface area contributed by atoms with Crippen molar-refractivity contribution >= 4 is 26.6 Å². The van der Waals surface area contributed by atoms with E-state index in [1.807, 2.05) is 4.90 Å². The lowest BCUT2D eigenvalue weighted by molar-refractivity contribution is -0.108. The molecule has 0 spiro atoms. The molecule has 2 aliphatic rings. The number of aliphatic imine (C=N–C) groups is 1. The molecule has 2 N–H and O–H groups in total.